The van der Waals surface area contributed by atoms with Gasteiger partial charge in [0.1, 0.15) is 18.5 Å². The summed E-state index contributed by atoms with van der Waals surface area (Å²) in [5.41, 5.74) is -0.146. The Morgan fingerprint density at radius 1 is 1.40 bits per heavy atom. The molecule has 0 aliphatic carbocycles. The highest BCUT2D eigenvalue weighted by molar-refractivity contribution is 6.01. The van der Waals surface area contributed by atoms with E-state index in [0.29, 0.717) is 0 Å². The molecule has 1 unspecified atom stereocenters. The summed E-state index contributed by atoms with van der Waals surface area (Å²) in [6, 6.07) is 3.62. The minimum Gasteiger partial charge on any atom is -0.489 e. The summed E-state index contributed by atoms with van der Waals surface area (Å²) in [5.74, 6) is -1.02. The summed E-state index contributed by atoms with van der Waals surface area (Å²) in [4.78, 5) is 45.4. The van der Waals surface area contributed by atoms with Crippen molar-refractivity contribution in [2.45, 2.75) is 25.9 Å². The molecule has 1 aliphatic rings. The standard InChI is InChI=1S/C15H17N3O7/c1-9(19)16-12-6-10(18(23)24)2-3-13(12)25-8-11(20)7-17-14(21)4-5-15(17)22/h2-3,6,11,20H,4-5,7-8H2,1H3,(H,16,19). The second kappa shape index (κ2) is 7.71. The third-order valence-corrected chi connectivity index (χ3v) is 3.46. The Balaban J connectivity index is 2.03. The molecule has 10 heteroatoms. The van der Waals surface area contributed by atoms with Crippen LogP contribution in [0.2, 0.25) is 0 Å². The summed E-state index contributed by atoms with van der Waals surface area (Å²) in [6.07, 6.45) is -0.880. The second-order valence-electron chi connectivity index (χ2n) is 5.48. The van der Waals surface area contributed by atoms with Crippen LogP contribution in [0, 0.1) is 10.1 Å². The van der Waals surface area contributed by atoms with E-state index >= 15 is 0 Å². The van der Waals surface area contributed by atoms with Crippen LogP contribution in [-0.4, -0.2) is 51.9 Å². The molecule has 10 nitrogen and oxygen atoms in total. The lowest BCUT2D eigenvalue weighted by Gasteiger charge is -2.19. The molecule has 0 aromatic heterocycles. The summed E-state index contributed by atoms with van der Waals surface area (Å²) < 4.78 is 5.38. The molecule has 0 saturated carbocycles. The Bertz CT molecular complexity index is 703. The number of nitro benzene ring substituents is 1. The number of non-ortho nitro benzene ring substituents is 1. The molecule has 1 fully saturated rings. The van der Waals surface area contributed by atoms with Crippen molar-refractivity contribution in [2.24, 2.45) is 0 Å². The van der Waals surface area contributed by atoms with Gasteiger partial charge < -0.3 is 15.2 Å². The minimum atomic E-state index is -1.13. The van der Waals surface area contributed by atoms with Gasteiger partial charge in [-0.25, -0.2) is 0 Å². The molecule has 2 N–H and O–H groups in total. The zero-order valence-corrected chi connectivity index (χ0v) is 13.4. The van der Waals surface area contributed by atoms with Crippen molar-refractivity contribution in [3.8, 4) is 5.75 Å². The first-order valence-electron chi connectivity index (χ1n) is 7.48. The molecule has 1 aliphatic heterocycles. The van der Waals surface area contributed by atoms with E-state index in [1.807, 2.05) is 0 Å². The number of amides is 3. The lowest BCUT2D eigenvalue weighted by atomic mass is 10.2. The molecule has 0 bridgehead atoms. The number of imide groups is 1. The highest BCUT2D eigenvalue weighted by atomic mass is 16.6. The molecule has 1 aromatic carbocycles. The number of β-amino-alcohol motifs (C(OH)–C–C–N with tert-alkyl or cyclic N) is 1. The Morgan fingerprint density at radius 2 is 2.04 bits per heavy atom. The molecule has 3 amide bonds. The molecule has 2 rings (SSSR count). The first-order chi connectivity index (χ1) is 11.8. The number of hydrogen-bond acceptors (Lipinski definition) is 7. The number of rotatable bonds is 7. The normalized spacial score (nSPS) is 15.2. The number of carbonyl (C=O) groups is 3. The van der Waals surface area contributed by atoms with Gasteiger partial charge in [-0.1, -0.05) is 0 Å². The molecule has 134 valence electrons. The van der Waals surface area contributed by atoms with E-state index in [1.54, 1.807) is 0 Å². The summed E-state index contributed by atoms with van der Waals surface area (Å²) in [6.45, 7) is 0.781. The summed E-state index contributed by atoms with van der Waals surface area (Å²) in [5, 5.41) is 23.2. The van der Waals surface area contributed by atoms with Crippen LogP contribution < -0.4 is 10.1 Å². The van der Waals surface area contributed by atoms with Crippen molar-refractivity contribution in [2.75, 3.05) is 18.5 Å². The summed E-state index contributed by atoms with van der Waals surface area (Å²) >= 11 is 0. The topological polar surface area (TPSA) is 139 Å². The van der Waals surface area contributed by atoms with Gasteiger partial charge in [0.15, 0.2) is 0 Å². The maximum atomic E-state index is 11.5. The van der Waals surface area contributed by atoms with E-state index in [1.165, 1.54) is 19.1 Å². The number of nitrogens with one attached hydrogen (secondary N) is 1. The fraction of sp³-hybridized carbons (Fsp3) is 0.400. The number of nitrogens with zero attached hydrogens (tertiary/aromatic N) is 2. The minimum absolute atomic E-state index is 0.0854. The monoisotopic (exact) mass is 351 g/mol. The molecular weight excluding hydrogens is 334 g/mol. The third-order valence-electron chi connectivity index (χ3n) is 3.46. The van der Waals surface area contributed by atoms with Crippen molar-refractivity contribution in [3.05, 3.63) is 28.3 Å². The Morgan fingerprint density at radius 3 is 2.60 bits per heavy atom. The van der Waals surface area contributed by atoms with Crippen LogP contribution in [-0.2, 0) is 14.4 Å². The van der Waals surface area contributed by atoms with Gasteiger partial charge in [-0.15, -0.1) is 0 Å². The number of aliphatic hydroxyl groups is 1. The van der Waals surface area contributed by atoms with Gasteiger partial charge in [-0.2, -0.15) is 0 Å². The van der Waals surface area contributed by atoms with E-state index in [-0.39, 0.29) is 54.9 Å². The molecule has 25 heavy (non-hydrogen) atoms. The van der Waals surface area contributed by atoms with Gasteiger partial charge in [0.2, 0.25) is 17.7 Å². The molecule has 1 heterocycles. The number of anilines is 1. The molecule has 1 saturated heterocycles. The molecule has 1 aromatic rings. The zero-order chi connectivity index (χ0) is 18.6. The van der Waals surface area contributed by atoms with Gasteiger partial charge in [-0.05, 0) is 6.07 Å². The maximum Gasteiger partial charge on any atom is 0.271 e. The summed E-state index contributed by atoms with van der Waals surface area (Å²) in [7, 11) is 0. The Kier molecular flexibility index (Phi) is 5.65. The van der Waals surface area contributed by atoms with Gasteiger partial charge in [0.05, 0.1) is 17.2 Å². The van der Waals surface area contributed by atoms with Crippen molar-refractivity contribution in [3.63, 3.8) is 0 Å². The van der Waals surface area contributed by atoms with Crippen LogP contribution >= 0.6 is 0 Å². The van der Waals surface area contributed by atoms with Gasteiger partial charge in [0.25, 0.3) is 5.69 Å². The quantitative estimate of drug-likeness (QED) is 0.413. The van der Waals surface area contributed by atoms with E-state index in [9.17, 15) is 29.6 Å². The molecular formula is C15H17N3O7. The number of benzene rings is 1. The van der Waals surface area contributed by atoms with Crippen LogP contribution in [0.15, 0.2) is 18.2 Å². The second-order valence-corrected chi connectivity index (χ2v) is 5.48. The van der Waals surface area contributed by atoms with Crippen molar-refractivity contribution >= 4 is 29.1 Å². The molecule has 0 spiro atoms. The number of hydrogen-bond donors (Lipinski definition) is 2. The average molecular weight is 351 g/mol. The van der Waals surface area contributed by atoms with Crippen LogP contribution in [0.4, 0.5) is 11.4 Å². The van der Waals surface area contributed by atoms with Crippen molar-refractivity contribution in [1.29, 1.82) is 0 Å². The number of ether oxygens (including phenoxy) is 1. The fourth-order valence-corrected chi connectivity index (χ4v) is 2.32. The van der Waals surface area contributed by atoms with Crippen LogP contribution in [0.25, 0.3) is 0 Å². The number of nitro groups is 1. The van der Waals surface area contributed by atoms with E-state index < -0.39 is 16.9 Å². The highest BCUT2D eigenvalue weighted by Gasteiger charge is 2.30. The number of carbonyl (C=O) groups excluding carboxylic acids is 3. The zero-order valence-electron chi connectivity index (χ0n) is 13.4. The van der Waals surface area contributed by atoms with Crippen molar-refractivity contribution in [1.82, 2.24) is 4.90 Å². The van der Waals surface area contributed by atoms with Crippen molar-refractivity contribution < 1.29 is 29.2 Å². The smallest absolute Gasteiger partial charge is 0.271 e. The van der Waals surface area contributed by atoms with Gasteiger partial charge >= 0.3 is 0 Å². The van der Waals surface area contributed by atoms with E-state index in [2.05, 4.69) is 5.32 Å². The largest absolute Gasteiger partial charge is 0.489 e. The van der Waals surface area contributed by atoms with Crippen LogP contribution in [0.1, 0.15) is 19.8 Å². The average Bonchev–Trinajstić information content (AvgIpc) is 2.85. The molecule has 1 atom stereocenters. The van der Waals surface area contributed by atoms with E-state index in [0.717, 1.165) is 11.0 Å². The Labute approximate surface area is 142 Å². The van der Waals surface area contributed by atoms with Gasteiger partial charge in [0, 0.05) is 31.9 Å². The first kappa shape index (κ1) is 18.3. The Hall–Kier alpha value is -3.01. The maximum absolute atomic E-state index is 11.5. The van der Waals surface area contributed by atoms with Gasteiger partial charge in [-0.3, -0.25) is 29.4 Å². The highest BCUT2D eigenvalue weighted by Crippen LogP contribution is 2.29. The van der Waals surface area contributed by atoms with E-state index in [4.69, 9.17) is 4.74 Å². The predicted molar refractivity (Wildman–Crippen MR) is 84.9 cm³/mol. The van der Waals surface area contributed by atoms with Crippen LogP contribution in [0.5, 0.6) is 5.75 Å². The predicted octanol–water partition coefficient (Wildman–Crippen LogP) is 0.442. The molecule has 0 radical (unpaired) electrons. The third kappa shape index (κ3) is 4.73. The lowest BCUT2D eigenvalue weighted by molar-refractivity contribution is -0.384. The SMILES string of the molecule is CC(=O)Nc1cc([N+](=O)[O-])ccc1OCC(O)CN1C(=O)CCC1=O. The fourth-order valence-electron chi connectivity index (χ4n) is 2.32. The van der Waals surface area contributed by atoms with Crippen LogP contribution in [0.3, 0.4) is 0 Å². The first-order valence-corrected chi connectivity index (χ1v) is 7.48. The lowest BCUT2D eigenvalue weighted by Crippen LogP contribution is -2.38. The number of likely N-dealkylation sites (tertiary alicyclic amines) is 1. The number of aliphatic hydroxyl groups excluding tert-OH is 1.